The largest absolute Gasteiger partial charge is 0.370 e. The summed E-state index contributed by atoms with van der Waals surface area (Å²) in [4.78, 5) is 29.3. The Morgan fingerprint density at radius 1 is 1.19 bits per heavy atom. The number of ether oxygens (including phenoxy) is 1. The topological polar surface area (TPSA) is 84.0 Å². The highest BCUT2D eigenvalue weighted by Crippen LogP contribution is 2.25. The highest BCUT2D eigenvalue weighted by atomic mass is 19.1. The van der Waals surface area contributed by atoms with Crippen molar-refractivity contribution in [2.75, 3.05) is 24.6 Å². The Balaban J connectivity index is 1.61. The minimum Gasteiger partial charge on any atom is -0.370 e. The van der Waals surface area contributed by atoms with Crippen LogP contribution in [-0.4, -0.2) is 39.6 Å². The molecule has 0 amide bonds. The smallest absolute Gasteiger partial charge is 0.252 e. The van der Waals surface area contributed by atoms with E-state index < -0.39 is 0 Å². The molecule has 1 saturated heterocycles. The third kappa shape index (κ3) is 3.45. The van der Waals surface area contributed by atoms with Crippen LogP contribution in [0.3, 0.4) is 0 Å². The lowest BCUT2D eigenvalue weighted by Gasteiger charge is -2.33. The van der Waals surface area contributed by atoms with E-state index >= 15 is 0 Å². The average molecular weight is 353 g/mol. The van der Waals surface area contributed by atoms with Crippen molar-refractivity contribution in [2.24, 2.45) is 0 Å². The van der Waals surface area contributed by atoms with Gasteiger partial charge in [0, 0.05) is 18.8 Å². The molecule has 1 N–H and O–H groups in total. The van der Waals surface area contributed by atoms with Gasteiger partial charge in [-0.25, -0.2) is 19.3 Å². The summed E-state index contributed by atoms with van der Waals surface area (Å²) >= 11 is 0. The molecule has 2 aromatic heterocycles. The van der Waals surface area contributed by atoms with E-state index in [4.69, 9.17) is 4.74 Å². The normalized spacial score (nSPS) is 17.3. The highest BCUT2D eigenvalue weighted by molar-refractivity contribution is 5.54. The molecule has 3 heterocycles. The zero-order valence-electron chi connectivity index (χ0n) is 13.8. The lowest BCUT2D eigenvalue weighted by atomic mass is 10.1. The first-order valence-electron chi connectivity index (χ1n) is 8.19. The number of anilines is 1. The van der Waals surface area contributed by atoms with Crippen molar-refractivity contribution in [2.45, 2.75) is 6.10 Å². The quantitative estimate of drug-likeness (QED) is 0.775. The van der Waals surface area contributed by atoms with Crippen LogP contribution in [0.1, 0.15) is 11.7 Å². The first-order valence-corrected chi connectivity index (χ1v) is 8.19. The van der Waals surface area contributed by atoms with E-state index in [1.54, 1.807) is 24.4 Å². The van der Waals surface area contributed by atoms with Gasteiger partial charge in [0.1, 0.15) is 18.2 Å². The van der Waals surface area contributed by atoms with Crippen LogP contribution in [-0.2, 0) is 4.74 Å². The number of morpholine rings is 1. The number of hydrogen-bond donors (Lipinski definition) is 1. The van der Waals surface area contributed by atoms with E-state index in [0.717, 1.165) is 5.56 Å². The molecule has 26 heavy (non-hydrogen) atoms. The molecule has 1 fully saturated rings. The predicted octanol–water partition coefficient (Wildman–Crippen LogP) is 1.94. The fourth-order valence-corrected chi connectivity index (χ4v) is 2.89. The second kappa shape index (κ2) is 7.01. The van der Waals surface area contributed by atoms with Crippen molar-refractivity contribution in [3.05, 3.63) is 70.7 Å². The molecule has 8 heteroatoms. The maximum absolute atomic E-state index is 13.1. The number of benzene rings is 1. The van der Waals surface area contributed by atoms with Crippen LogP contribution in [0.4, 0.5) is 10.3 Å². The molecule has 0 aliphatic carbocycles. The summed E-state index contributed by atoms with van der Waals surface area (Å²) in [5, 5.41) is 0. The molecule has 0 unspecified atom stereocenters. The van der Waals surface area contributed by atoms with Gasteiger partial charge in [-0.2, -0.15) is 0 Å². The Morgan fingerprint density at radius 3 is 2.81 bits per heavy atom. The van der Waals surface area contributed by atoms with Gasteiger partial charge in [-0.1, -0.05) is 12.1 Å². The lowest BCUT2D eigenvalue weighted by Crippen LogP contribution is -2.40. The lowest BCUT2D eigenvalue weighted by molar-refractivity contribution is 0.0392. The molecule has 3 aromatic rings. The Bertz CT molecular complexity index is 946. The van der Waals surface area contributed by atoms with Crippen LogP contribution in [0.2, 0.25) is 0 Å². The van der Waals surface area contributed by atoms with Gasteiger partial charge in [-0.3, -0.25) is 9.78 Å². The number of halogens is 1. The second-order valence-electron chi connectivity index (χ2n) is 5.91. The minimum absolute atomic E-state index is 0.225. The van der Waals surface area contributed by atoms with Gasteiger partial charge in [0.15, 0.2) is 0 Å². The molecular formula is C18H16FN5O2. The number of hydrogen-bond acceptors (Lipinski definition) is 6. The van der Waals surface area contributed by atoms with Crippen molar-refractivity contribution in [3.8, 4) is 11.4 Å². The molecule has 0 spiro atoms. The molecule has 7 nitrogen and oxygen atoms in total. The monoisotopic (exact) mass is 353 g/mol. The summed E-state index contributed by atoms with van der Waals surface area (Å²) in [6, 6.07) is 9.34. The zero-order chi connectivity index (χ0) is 17.9. The molecule has 1 atom stereocenters. The van der Waals surface area contributed by atoms with E-state index in [1.807, 2.05) is 4.90 Å². The number of nitrogens with zero attached hydrogens (tertiary/aromatic N) is 4. The van der Waals surface area contributed by atoms with E-state index in [1.165, 1.54) is 24.5 Å². The Labute approximate surface area is 148 Å². The van der Waals surface area contributed by atoms with Crippen molar-refractivity contribution >= 4 is 5.95 Å². The van der Waals surface area contributed by atoms with Gasteiger partial charge in [0.25, 0.3) is 5.56 Å². The fourth-order valence-electron chi connectivity index (χ4n) is 2.89. The minimum atomic E-state index is -0.287. The van der Waals surface area contributed by atoms with Crippen LogP contribution in [0.25, 0.3) is 11.4 Å². The third-order valence-corrected chi connectivity index (χ3v) is 4.18. The summed E-state index contributed by atoms with van der Waals surface area (Å²) in [7, 11) is 0. The Morgan fingerprint density at radius 2 is 2.04 bits per heavy atom. The third-order valence-electron chi connectivity index (χ3n) is 4.18. The fraction of sp³-hybridized carbons (Fsp3) is 0.222. The van der Waals surface area contributed by atoms with E-state index in [0.29, 0.717) is 37.0 Å². The maximum Gasteiger partial charge on any atom is 0.252 e. The Kier molecular flexibility index (Phi) is 4.40. The first kappa shape index (κ1) is 16.3. The first-order chi connectivity index (χ1) is 12.7. The van der Waals surface area contributed by atoms with E-state index in [2.05, 4.69) is 19.9 Å². The molecule has 0 bridgehead atoms. The summed E-state index contributed by atoms with van der Waals surface area (Å²) in [5.41, 5.74) is 1.69. The molecule has 1 aromatic carbocycles. The van der Waals surface area contributed by atoms with E-state index in [-0.39, 0.29) is 17.5 Å². The summed E-state index contributed by atoms with van der Waals surface area (Å²) in [6.07, 6.45) is 2.79. The number of aromatic nitrogens is 4. The van der Waals surface area contributed by atoms with Crippen molar-refractivity contribution in [3.63, 3.8) is 0 Å². The highest BCUT2D eigenvalue weighted by Gasteiger charge is 2.24. The van der Waals surface area contributed by atoms with Gasteiger partial charge in [0.05, 0.1) is 24.5 Å². The van der Waals surface area contributed by atoms with Crippen molar-refractivity contribution in [1.29, 1.82) is 0 Å². The van der Waals surface area contributed by atoms with Gasteiger partial charge < -0.3 is 9.64 Å². The van der Waals surface area contributed by atoms with Gasteiger partial charge in [-0.15, -0.1) is 0 Å². The maximum atomic E-state index is 13.1. The number of H-pyrrole nitrogens is 1. The standard InChI is InChI=1S/C18H16FN5O2/c19-13-3-1-12(2-4-13)16-10-24(7-8-26-16)18-22-15(9-17(25)23-18)14-5-6-20-11-21-14/h1-6,9,11,16H,7-8,10H2,(H,22,23,25)/t16-/m1/s1. The number of nitrogens with one attached hydrogen (secondary N) is 1. The SMILES string of the molecule is O=c1cc(-c2ccncn2)nc(N2CCO[C@@H](c3ccc(F)cc3)C2)[nH]1. The van der Waals surface area contributed by atoms with Crippen LogP contribution >= 0.6 is 0 Å². The van der Waals surface area contributed by atoms with Crippen molar-refractivity contribution < 1.29 is 9.13 Å². The summed E-state index contributed by atoms with van der Waals surface area (Å²) in [5.74, 6) is 0.173. The van der Waals surface area contributed by atoms with Crippen LogP contribution in [0.15, 0.2) is 53.7 Å². The number of rotatable bonds is 3. The second-order valence-corrected chi connectivity index (χ2v) is 5.91. The van der Waals surface area contributed by atoms with Crippen LogP contribution in [0.5, 0.6) is 0 Å². The molecule has 0 saturated carbocycles. The van der Waals surface area contributed by atoms with Gasteiger partial charge >= 0.3 is 0 Å². The van der Waals surface area contributed by atoms with Crippen LogP contribution < -0.4 is 10.5 Å². The van der Waals surface area contributed by atoms with Gasteiger partial charge in [0.2, 0.25) is 5.95 Å². The molecule has 132 valence electrons. The molecule has 4 rings (SSSR count). The average Bonchev–Trinajstić information content (AvgIpc) is 2.69. The van der Waals surface area contributed by atoms with Crippen molar-refractivity contribution in [1.82, 2.24) is 19.9 Å². The zero-order valence-corrected chi connectivity index (χ0v) is 13.8. The summed E-state index contributed by atoms with van der Waals surface area (Å²) in [6.45, 7) is 1.57. The Hall–Kier alpha value is -3.13. The van der Waals surface area contributed by atoms with E-state index in [9.17, 15) is 9.18 Å². The molecule has 1 aliphatic heterocycles. The molecule has 1 aliphatic rings. The molecule has 0 radical (unpaired) electrons. The summed E-state index contributed by atoms with van der Waals surface area (Å²) < 4.78 is 18.9. The van der Waals surface area contributed by atoms with Gasteiger partial charge in [-0.05, 0) is 23.8 Å². The molecular weight excluding hydrogens is 337 g/mol. The number of aromatic amines is 1. The van der Waals surface area contributed by atoms with Crippen LogP contribution in [0, 0.1) is 5.82 Å². The predicted molar refractivity (Wildman–Crippen MR) is 93.2 cm³/mol.